The van der Waals surface area contributed by atoms with Crippen LogP contribution in [-0.4, -0.2) is 55.5 Å². The molecule has 26 heavy (non-hydrogen) atoms. The molecule has 1 aliphatic rings. The Morgan fingerprint density at radius 1 is 1.23 bits per heavy atom. The van der Waals surface area contributed by atoms with Crippen LogP contribution in [0.15, 0.2) is 24.3 Å². The van der Waals surface area contributed by atoms with Crippen molar-refractivity contribution in [3.05, 3.63) is 29.8 Å². The quantitative estimate of drug-likeness (QED) is 0.777. The second kappa shape index (κ2) is 8.69. The van der Waals surface area contributed by atoms with E-state index in [4.69, 9.17) is 9.47 Å². The molecule has 1 aromatic carbocycles. The van der Waals surface area contributed by atoms with E-state index >= 15 is 0 Å². The third-order valence-electron chi connectivity index (χ3n) is 4.56. The summed E-state index contributed by atoms with van der Waals surface area (Å²) in [5.74, 6) is -0.599. The molecule has 1 fully saturated rings. The van der Waals surface area contributed by atoms with E-state index in [2.05, 4.69) is 5.32 Å². The first-order valence-electron chi connectivity index (χ1n) is 8.72. The van der Waals surface area contributed by atoms with Gasteiger partial charge in [-0.1, -0.05) is 19.9 Å². The molecular formula is C19H26N2O5. The average molecular weight is 362 g/mol. The maximum Gasteiger partial charge on any atom is 0.328 e. The molecule has 0 radical (unpaired) electrons. The van der Waals surface area contributed by atoms with E-state index in [0.717, 1.165) is 6.42 Å². The summed E-state index contributed by atoms with van der Waals surface area (Å²) in [5, 5.41) is 2.80. The van der Waals surface area contributed by atoms with E-state index < -0.39 is 18.1 Å². The number of carbonyl (C=O) groups is 3. The minimum atomic E-state index is -0.723. The van der Waals surface area contributed by atoms with Crippen molar-refractivity contribution < 1.29 is 23.9 Å². The Hall–Kier alpha value is -2.57. The normalized spacial score (nSPS) is 17.7. The van der Waals surface area contributed by atoms with E-state index in [9.17, 15) is 14.4 Å². The van der Waals surface area contributed by atoms with E-state index in [0.29, 0.717) is 24.3 Å². The molecule has 1 saturated heterocycles. The van der Waals surface area contributed by atoms with Crippen molar-refractivity contribution in [2.45, 2.75) is 38.8 Å². The molecule has 1 N–H and O–H groups in total. The third kappa shape index (κ3) is 4.33. The smallest absolute Gasteiger partial charge is 0.328 e. The number of likely N-dealkylation sites (tertiary alicyclic amines) is 1. The van der Waals surface area contributed by atoms with Gasteiger partial charge in [0.25, 0.3) is 5.91 Å². The maximum atomic E-state index is 13.0. The number of methoxy groups -OCH3 is 2. The molecule has 2 atom stereocenters. The number of carbonyl (C=O) groups excluding carboxylic acids is 3. The van der Waals surface area contributed by atoms with Crippen LogP contribution in [0.4, 0.5) is 0 Å². The van der Waals surface area contributed by atoms with Crippen LogP contribution in [-0.2, 0) is 14.3 Å². The Bertz CT molecular complexity index is 674. The molecule has 1 aromatic rings. The van der Waals surface area contributed by atoms with Gasteiger partial charge in [0.05, 0.1) is 14.2 Å². The highest BCUT2D eigenvalue weighted by molar-refractivity contribution is 5.98. The Morgan fingerprint density at radius 3 is 2.58 bits per heavy atom. The summed E-state index contributed by atoms with van der Waals surface area (Å²) in [6.45, 7) is 4.20. The van der Waals surface area contributed by atoms with Crippen LogP contribution < -0.4 is 10.1 Å². The average Bonchev–Trinajstić information content (AvgIpc) is 3.14. The van der Waals surface area contributed by atoms with Crippen LogP contribution in [0.1, 0.15) is 37.0 Å². The zero-order valence-corrected chi connectivity index (χ0v) is 15.7. The minimum Gasteiger partial charge on any atom is -0.497 e. The van der Waals surface area contributed by atoms with E-state index in [1.807, 2.05) is 13.8 Å². The molecule has 0 aliphatic carbocycles. The monoisotopic (exact) mass is 362 g/mol. The molecule has 0 aromatic heterocycles. The Labute approximate surface area is 153 Å². The van der Waals surface area contributed by atoms with Crippen molar-refractivity contribution in [2.24, 2.45) is 5.92 Å². The van der Waals surface area contributed by atoms with Crippen molar-refractivity contribution in [1.29, 1.82) is 0 Å². The van der Waals surface area contributed by atoms with Gasteiger partial charge in [0, 0.05) is 12.1 Å². The number of hydrogen-bond acceptors (Lipinski definition) is 5. The summed E-state index contributed by atoms with van der Waals surface area (Å²) < 4.78 is 9.93. The molecule has 1 aliphatic heterocycles. The number of amides is 2. The highest BCUT2D eigenvalue weighted by Crippen LogP contribution is 2.21. The number of esters is 1. The molecule has 0 saturated carbocycles. The first-order chi connectivity index (χ1) is 12.4. The number of rotatable bonds is 6. The molecule has 7 nitrogen and oxygen atoms in total. The van der Waals surface area contributed by atoms with E-state index in [1.165, 1.54) is 19.1 Å². The lowest BCUT2D eigenvalue weighted by Gasteiger charge is -2.29. The van der Waals surface area contributed by atoms with E-state index in [-0.39, 0.29) is 17.7 Å². The third-order valence-corrected chi connectivity index (χ3v) is 4.56. The zero-order chi connectivity index (χ0) is 19.3. The Balaban J connectivity index is 2.16. The van der Waals surface area contributed by atoms with Gasteiger partial charge in [-0.15, -0.1) is 0 Å². The highest BCUT2D eigenvalue weighted by Gasteiger charge is 2.39. The molecule has 142 valence electrons. The van der Waals surface area contributed by atoms with Crippen molar-refractivity contribution in [1.82, 2.24) is 10.2 Å². The van der Waals surface area contributed by atoms with Crippen LogP contribution >= 0.6 is 0 Å². The number of nitrogens with one attached hydrogen (secondary N) is 1. The molecule has 1 heterocycles. The van der Waals surface area contributed by atoms with Crippen molar-refractivity contribution >= 4 is 17.8 Å². The van der Waals surface area contributed by atoms with Crippen LogP contribution in [0.3, 0.4) is 0 Å². The van der Waals surface area contributed by atoms with Crippen LogP contribution in [0.25, 0.3) is 0 Å². The summed E-state index contributed by atoms with van der Waals surface area (Å²) in [5.41, 5.74) is 0.411. The van der Waals surface area contributed by atoms with Crippen LogP contribution in [0.5, 0.6) is 5.75 Å². The maximum absolute atomic E-state index is 13.0. The molecule has 0 spiro atoms. The molecule has 1 unspecified atom stereocenters. The lowest BCUT2D eigenvalue weighted by molar-refractivity contribution is -0.151. The van der Waals surface area contributed by atoms with Crippen LogP contribution in [0.2, 0.25) is 0 Å². The van der Waals surface area contributed by atoms with Crippen molar-refractivity contribution in [3.63, 3.8) is 0 Å². The molecule has 2 rings (SSSR count). The van der Waals surface area contributed by atoms with Gasteiger partial charge in [0.1, 0.15) is 17.8 Å². The minimum absolute atomic E-state index is 0.129. The SMILES string of the molecule is COC(=O)[C@@H]1CCCN1C(=O)C(NC(=O)c1cccc(OC)c1)C(C)C. The summed E-state index contributed by atoms with van der Waals surface area (Å²) in [6, 6.07) is 5.43. The van der Waals surface area contributed by atoms with Gasteiger partial charge >= 0.3 is 5.97 Å². The second-order valence-corrected chi connectivity index (χ2v) is 6.64. The number of benzene rings is 1. The Morgan fingerprint density at radius 2 is 1.96 bits per heavy atom. The van der Waals surface area contributed by atoms with Crippen molar-refractivity contribution in [2.75, 3.05) is 20.8 Å². The lowest BCUT2D eigenvalue weighted by Crippen LogP contribution is -2.53. The predicted octanol–water partition coefficient (Wildman–Crippen LogP) is 1.61. The number of nitrogens with zero attached hydrogens (tertiary/aromatic N) is 1. The first-order valence-corrected chi connectivity index (χ1v) is 8.72. The lowest BCUT2D eigenvalue weighted by atomic mass is 10.0. The molecule has 0 bridgehead atoms. The van der Waals surface area contributed by atoms with Crippen LogP contribution in [0, 0.1) is 5.92 Å². The Kier molecular flexibility index (Phi) is 6.60. The second-order valence-electron chi connectivity index (χ2n) is 6.64. The fourth-order valence-corrected chi connectivity index (χ4v) is 3.09. The summed E-state index contributed by atoms with van der Waals surface area (Å²) in [4.78, 5) is 39.0. The predicted molar refractivity (Wildman–Crippen MR) is 95.8 cm³/mol. The van der Waals surface area contributed by atoms with Gasteiger partial charge in [0.15, 0.2) is 0 Å². The summed E-state index contributed by atoms with van der Waals surface area (Å²) >= 11 is 0. The number of ether oxygens (including phenoxy) is 2. The fourth-order valence-electron chi connectivity index (χ4n) is 3.09. The fraction of sp³-hybridized carbons (Fsp3) is 0.526. The van der Waals surface area contributed by atoms with Gasteiger partial charge in [-0.2, -0.15) is 0 Å². The zero-order valence-electron chi connectivity index (χ0n) is 15.7. The van der Waals surface area contributed by atoms with E-state index in [1.54, 1.807) is 24.3 Å². The largest absolute Gasteiger partial charge is 0.497 e. The summed E-state index contributed by atoms with van der Waals surface area (Å²) in [6.07, 6.45) is 1.31. The number of hydrogen-bond donors (Lipinski definition) is 1. The standard InChI is InChI=1S/C19H26N2O5/c1-12(2)16(18(23)21-10-6-9-15(21)19(24)26-4)20-17(22)13-7-5-8-14(11-13)25-3/h5,7-8,11-12,15-16H,6,9-10H2,1-4H3,(H,20,22)/t15-,16?/m0/s1. The highest BCUT2D eigenvalue weighted by atomic mass is 16.5. The molecular weight excluding hydrogens is 336 g/mol. The van der Waals surface area contributed by atoms with Gasteiger partial charge in [-0.05, 0) is 37.0 Å². The van der Waals surface area contributed by atoms with Gasteiger partial charge in [0.2, 0.25) is 5.91 Å². The van der Waals surface area contributed by atoms with Gasteiger partial charge in [-0.3, -0.25) is 9.59 Å². The van der Waals surface area contributed by atoms with Crippen molar-refractivity contribution in [3.8, 4) is 5.75 Å². The van der Waals surface area contributed by atoms with Gasteiger partial charge < -0.3 is 19.7 Å². The molecule has 2 amide bonds. The molecule has 7 heteroatoms. The topological polar surface area (TPSA) is 84.9 Å². The van der Waals surface area contributed by atoms with Gasteiger partial charge in [-0.25, -0.2) is 4.79 Å². The summed E-state index contributed by atoms with van der Waals surface area (Å²) in [7, 11) is 2.84. The first kappa shape index (κ1) is 19.8.